The number of benzene rings is 1. The van der Waals surface area contributed by atoms with E-state index in [1.165, 1.54) is 30.6 Å². The zero-order valence-corrected chi connectivity index (χ0v) is 13.8. The molecule has 2 aliphatic rings. The number of rotatable bonds is 4. The van der Waals surface area contributed by atoms with E-state index in [0.29, 0.717) is 12.0 Å². The van der Waals surface area contributed by atoms with Crippen LogP contribution in [0.4, 0.5) is 5.69 Å². The van der Waals surface area contributed by atoms with Crippen LogP contribution in [-0.2, 0) is 4.74 Å². The van der Waals surface area contributed by atoms with E-state index in [1.807, 2.05) is 7.11 Å². The van der Waals surface area contributed by atoms with Crippen molar-refractivity contribution in [2.24, 2.45) is 0 Å². The summed E-state index contributed by atoms with van der Waals surface area (Å²) < 4.78 is 7.57. The van der Waals surface area contributed by atoms with E-state index in [4.69, 9.17) is 9.84 Å². The number of piperidine rings is 1. The molecule has 0 atom stereocenters. The van der Waals surface area contributed by atoms with Crippen molar-refractivity contribution in [1.82, 2.24) is 9.78 Å². The summed E-state index contributed by atoms with van der Waals surface area (Å²) in [5.41, 5.74) is 3.79. The number of methoxy groups -OCH3 is 1. The van der Waals surface area contributed by atoms with Crippen molar-refractivity contribution in [2.75, 3.05) is 25.1 Å². The Kier molecular flexibility index (Phi) is 4.08. The summed E-state index contributed by atoms with van der Waals surface area (Å²) in [4.78, 5) is 2.51. The van der Waals surface area contributed by atoms with Gasteiger partial charge in [0.1, 0.15) is 0 Å². The van der Waals surface area contributed by atoms with Gasteiger partial charge in [-0.15, -0.1) is 0 Å². The van der Waals surface area contributed by atoms with Gasteiger partial charge in [-0.3, -0.25) is 0 Å². The Morgan fingerprint density at radius 3 is 2.39 bits per heavy atom. The molecule has 4 nitrogen and oxygen atoms in total. The molecule has 4 heteroatoms. The third-order valence-corrected chi connectivity index (χ3v) is 5.35. The first kappa shape index (κ1) is 14.8. The lowest BCUT2D eigenvalue weighted by Crippen LogP contribution is -2.37. The lowest BCUT2D eigenvalue weighted by Gasteiger charge is -2.34. The van der Waals surface area contributed by atoms with Crippen LogP contribution in [0.2, 0.25) is 0 Å². The molecule has 1 aromatic carbocycles. The second-order valence-electron chi connectivity index (χ2n) is 6.73. The number of hydrogen-bond acceptors (Lipinski definition) is 3. The van der Waals surface area contributed by atoms with Gasteiger partial charge in [0.2, 0.25) is 0 Å². The van der Waals surface area contributed by atoms with Gasteiger partial charge in [-0.2, -0.15) is 5.10 Å². The Morgan fingerprint density at radius 1 is 1.04 bits per heavy atom. The maximum absolute atomic E-state index is 5.51. The van der Waals surface area contributed by atoms with Gasteiger partial charge in [-0.1, -0.05) is 24.6 Å². The predicted molar refractivity (Wildman–Crippen MR) is 92.4 cm³/mol. The summed E-state index contributed by atoms with van der Waals surface area (Å²) in [5, 5.41) is 4.96. The first-order valence-corrected chi connectivity index (χ1v) is 8.78. The molecule has 23 heavy (non-hydrogen) atoms. The van der Waals surface area contributed by atoms with E-state index in [1.54, 1.807) is 0 Å². The van der Waals surface area contributed by atoms with Crippen LogP contribution in [-0.4, -0.2) is 36.1 Å². The first-order chi connectivity index (χ1) is 11.3. The maximum Gasteiger partial charge on any atom is 0.0893 e. The number of para-hydroxylation sites is 1. The Hall–Kier alpha value is -1.81. The van der Waals surface area contributed by atoms with Gasteiger partial charge < -0.3 is 9.64 Å². The SMILES string of the molecule is COC1CCN(c2cn(-c3ccccc3)nc2C2CCC2)CC1. The van der Waals surface area contributed by atoms with Crippen LogP contribution < -0.4 is 4.90 Å². The van der Waals surface area contributed by atoms with Gasteiger partial charge in [0.25, 0.3) is 0 Å². The molecule has 0 radical (unpaired) electrons. The fraction of sp³-hybridized carbons (Fsp3) is 0.526. The minimum absolute atomic E-state index is 0.419. The van der Waals surface area contributed by atoms with Gasteiger partial charge >= 0.3 is 0 Å². The molecular formula is C19H25N3O. The lowest BCUT2D eigenvalue weighted by molar-refractivity contribution is 0.0818. The van der Waals surface area contributed by atoms with Gasteiger partial charge in [0, 0.05) is 26.1 Å². The highest BCUT2D eigenvalue weighted by Crippen LogP contribution is 2.41. The smallest absolute Gasteiger partial charge is 0.0893 e. The molecule has 1 aliphatic carbocycles. The first-order valence-electron chi connectivity index (χ1n) is 8.78. The Labute approximate surface area is 138 Å². The Balaban J connectivity index is 1.63. The van der Waals surface area contributed by atoms with E-state index < -0.39 is 0 Å². The van der Waals surface area contributed by atoms with Crippen LogP contribution in [0.1, 0.15) is 43.7 Å². The van der Waals surface area contributed by atoms with Crippen molar-refractivity contribution >= 4 is 5.69 Å². The molecule has 1 aromatic heterocycles. The third-order valence-electron chi connectivity index (χ3n) is 5.35. The number of hydrogen-bond donors (Lipinski definition) is 0. The Bertz CT molecular complexity index is 640. The molecule has 0 amide bonds. The molecule has 2 heterocycles. The molecule has 0 spiro atoms. The molecular weight excluding hydrogens is 286 g/mol. The lowest BCUT2D eigenvalue weighted by atomic mass is 9.82. The van der Waals surface area contributed by atoms with Crippen LogP contribution in [0.5, 0.6) is 0 Å². The molecule has 4 rings (SSSR count). The second kappa shape index (κ2) is 6.36. The quantitative estimate of drug-likeness (QED) is 0.861. The molecule has 2 fully saturated rings. The molecule has 2 aromatic rings. The van der Waals surface area contributed by atoms with E-state index in [9.17, 15) is 0 Å². The average molecular weight is 311 g/mol. The molecule has 0 unspecified atom stereocenters. The van der Waals surface area contributed by atoms with Crippen molar-refractivity contribution in [3.05, 3.63) is 42.2 Å². The zero-order valence-electron chi connectivity index (χ0n) is 13.8. The summed E-state index contributed by atoms with van der Waals surface area (Å²) in [6.07, 6.45) is 8.78. The zero-order chi connectivity index (χ0) is 15.6. The highest BCUT2D eigenvalue weighted by Gasteiger charge is 2.29. The summed E-state index contributed by atoms with van der Waals surface area (Å²) in [7, 11) is 1.83. The van der Waals surface area contributed by atoms with Crippen LogP contribution in [0.15, 0.2) is 36.5 Å². The molecule has 1 saturated carbocycles. The second-order valence-corrected chi connectivity index (χ2v) is 6.73. The minimum Gasteiger partial charge on any atom is -0.381 e. The normalized spacial score (nSPS) is 19.8. The standard InChI is InChI=1S/C19H25N3O/c1-23-17-10-12-21(13-11-17)18-14-22(16-8-3-2-4-9-16)20-19(18)15-6-5-7-15/h2-4,8-9,14-15,17H,5-7,10-13H2,1H3. The van der Waals surface area contributed by atoms with Crippen molar-refractivity contribution in [2.45, 2.75) is 44.1 Å². The van der Waals surface area contributed by atoms with Gasteiger partial charge in [0.05, 0.1) is 29.4 Å². The largest absolute Gasteiger partial charge is 0.381 e. The third kappa shape index (κ3) is 2.88. The number of aromatic nitrogens is 2. The van der Waals surface area contributed by atoms with E-state index in [2.05, 4.69) is 46.1 Å². The maximum atomic E-state index is 5.51. The van der Waals surface area contributed by atoms with Crippen LogP contribution in [0.3, 0.4) is 0 Å². The van der Waals surface area contributed by atoms with E-state index in [0.717, 1.165) is 31.6 Å². The van der Waals surface area contributed by atoms with E-state index >= 15 is 0 Å². The molecule has 1 aliphatic heterocycles. The molecule has 1 saturated heterocycles. The van der Waals surface area contributed by atoms with Gasteiger partial charge in [-0.25, -0.2) is 4.68 Å². The topological polar surface area (TPSA) is 30.3 Å². The number of nitrogens with zero attached hydrogens (tertiary/aromatic N) is 3. The van der Waals surface area contributed by atoms with Crippen LogP contribution in [0.25, 0.3) is 5.69 Å². The molecule has 0 bridgehead atoms. The fourth-order valence-corrected chi connectivity index (χ4v) is 3.64. The highest BCUT2D eigenvalue weighted by molar-refractivity contribution is 5.53. The number of anilines is 1. The van der Waals surface area contributed by atoms with Crippen molar-refractivity contribution in [3.63, 3.8) is 0 Å². The summed E-state index contributed by atoms with van der Waals surface area (Å²) in [5.74, 6) is 0.648. The van der Waals surface area contributed by atoms with Crippen molar-refractivity contribution < 1.29 is 4.74 Å². The average Bonchev–Trinajstić information content (AvgIpc) is 2.99. The highest BCUT2D eigenvalue weighted by atomic mass is 16.5. The molecule has 122 valence electrons. The summed E-state index contributed by atoms with van der Waals surface area (Å²) in [6.45, 7) is 2.14. The Morgan fingerprint density at radius 2 is 1.78 bits per heavy atom. The summed E-state index contributed by atoms with van der Waals surface area (Å²) in [6, 6.07) is 10.4. The van der Waals surface area contributed by atoms with Crippen LogP contribution >= 0.6 is 0 Å². The minimum atomic E-state index is 0.419. The van der Waals surface area contributed by atoms with Gasteiger partial charge in [0.15, 0.2) is 0 Å². The van der Waals surface area contributed by atoms with Crippen molar-refractivity contribution in [1.29, 1.82) is 0 Å². The predicted octanol–water partition coefficient (Wildman–Crippen LogP) is 3.76. The monoisotopic (exact) mass is 311 g/mol. The molecule has 0 N–H and O–H groups in total. The number of ether oxygens (including phenoxy) is 1. The van der Waals surface area contributed by atoms with Crippen molar-refractivity contribution in [3.8, 4) is 5.69 Å². The van der Waals surface area contributed by atoms with Crippen LogP contribution in [0, 0.1) is 0 Å². The fourth-order valence-electron chi connectivity index (χ4n) is 3.64. The van der Waals surface area contributed by atoms with Gasteiger partial charge in [-0.05, 0) is 37.8 Å². The van der Waals surface area contributed by atoms with E-state index in [-0.39, 0.29) is 0 Å². The summed E-state index contributed by atoms with van der Waals surface area (Å²) >= 11 is 0.